The van der Waals surface area contributed by atoms with E-state index in [1.165, 1.54) is 22.4 Å². The quantitative estimate of drug-likeness (QED) is 0.777. The van der Waals surface area contributed by atoms with Gasteiger partial charge in [0.05, 0.1) is 11.9 Å². The summed E-state index contributed by atoms with van der Waals surface area (Å²) in [7, 11) is 0. The Morgan fingerprint density at radius 3 is 2.96 bits per heavy atom. The van der Waals surface area contributed by atoms with Gasteiger partial charge in [0.2, 0.25) is 0 Å². The zero-order chi connectivity index (χ0) is 16.6. The minimum atomic E-state index is 0.578. The molecule has 0 aromatic heterocycles. The van der Waals surface area contributed by atoms with Gasteiger partial charge in [-0.25, -0.2) is 0 Å². The number of piperazine rings is 1. The maximum atomic E-state index is 5.34. The van der Waals surface area contributed by atoms with Crippen molar-refractivity contribution in [1.29, 1.82) is 0 Å². The summed E-state index contributed by atoms with van der Waals surface area (Å²) in [5.74, 6) is 0.881. The topological polar surface area (TPSA) is 24.9 Å². The highest BCUT2D eigenvalue weighted by Gasteiger charge is 2.25. The molecule has 4 nitrogen and oxygen atoms in total. The van der Waals surface area contributed by atoms with Crippen LogP contribution in [0, 0.1) is 0 Å². The number of hydrogen-bond donors (Lipinski definition) is 0. The molecule has 0 radical (unpaired) electrons. The lowest BCUT2D eigenvalue weighted by Crippen LogP contribution is -2.47. The molecule has 1 atom stereocenters. The van der Waals surface area contributed by atoms with E-state index in [1.807, 2.05) is 17.8 Å². The van der Waals surface area contributed by atoms with Crippen LogP contribution in [0.3, 0.4) is 0 Å². The molecular formula is C20H22N2O2S. The van der Waals surface area contributed by atoms with Gasteiger partial charge in [0, 0.05) is 50.4 Å². The van der Waals surface area contributed by atoms with Crippen molar-refractivity contribution in [2.24, 2.45) is 0 Å². The predicted octanol–water partition coefficient (Wildman–Crippen LogP) is 3.17. The molecule has 1 aromatic rings. The molecule has 25 heavy (non-hydrogen) atoms. The van der Waals surface area contributed by atoms with Crippen molar-refractivity contribution in [3.05, 3.63) is 58.5 Å². The van der Waals surface area contributed by atoms with Crippen molar-refractivity contribution < 1.29 is 9.78 Å². The second-order valence-corrected chi connectivity index (χ2v) is 7.97. The van der Waals surface area contributed by atoms with E-state index in [4.69, 9.17) is 9.78 Å². The zero-order valence-electron chi connectivity index (χ0n) is 14.2. The Morgan fingerprint density at radius 1 is 1.16 bits per heavy atom. The van der Waals surface area contributed by atoms with Crippen molar-refractivity contribution in [2.75, 3.05) is 44.2 Å². The van der Waals surface area contributed by atoms with E-state index < -0.39 is 0 Å². The van der Waals surface area contributed by atoms with Crippen molar-refractivity contribution in [3.63, 3.8) is 0 Å². The van der Waals surface area contributed by atoms with Crippen LogP contribution in [0.5, 0.6) is 5.75 Å². The summed E-state index contributed by atoms with van der Waals surface area (Å²) in [6.45, 7) is 6.06. The van der Waals surface area contributed by atoms with Gasteiger partial charge in [-0.15, -0.1) is 11.8 Å². The molecule has 130 valence electrons. The van der Waals surface area contributed by atoms with Gasteiger partial charge in [-0.05, 0) is 28.7 Å². The molecule has 3 aliphatic heterocycles. The lowest BCUT2D eigenvalue weighted by atomic mass is 10.1. The molecule has 5 heteroatoms. The summed E-state index contributed by atoms with van der Waals surface area (Å²) < 4.78 is 0. The van der Waals surface area contributed by atoms with E-state index in [0.29, 0.717) is 11.9 Å². The molecule has 0 N–H and O–H groups in total. The molecule has 5 rings (SSSR count). The van der Waals surface area contributed by atoms with Crippen LogP contribution >= 0.6 is 11.8 Å². The number of thioether (sulfide) groups is 1. The van der Waals surface area contributed by atoms with Crippen LogP contribution in [0.15, 0.2) is 53.0 Å². The third-order valence-electron chi connectivity index (χ3n) is 5.34. The smallest absolute Gasteiger partial charge is 0.170 e. The Labute approximate surface area is 152 Å². The van der Waals surface area contributed by atoms with E-state index in [1.54, 1.807) is 0 Å². The molecule has 1 aromatic carbocycles. The summed E-state index contributed by atoms with van der Waals surface area (Å²) in [6, 6.07) is 6.28. The number of hydrogen-bond acceptors (Lipinski definition) is 5. The van der Waals surface area contributed by atoms with Gasteiger partial charge in [0.1, 0.15) is 0 Å². The average molecular weight is 354 g/mol. The van der Waals surface area contributed by atoms with E-state index in [2.05, 4.69) is 45.6 Å². The van der Waals surface area contributed by atoms with Gasteiger partial charge in [-0.3, -0.25) is 4.90 Å². The van der Waals surface area contributed by atoms with Crippen molar-refractivity contribution in [2.45, 2.75) is 11.7 Å². The van der Waals surface area contributed by atoms with Crippen LogP contribution in [0.2, 0.25) is 0 Å². The third-order valence-corrected chi connectivity index (χ3v) is 6.34. The van der Waals surface area contributed by atoms with Gasteiger partial charge in [-0.2, -0.15) is 4.89 Å². The van der Waals surface area contributed by atoms with Gasteiger partial charge in [0.25, 0.3) is 0 Å². The van der Waals surface area contributed by atoms with Gasteiger partial charge in [0.15, 0.2) is 5.75 Å². The maximum absolute atomic E-state index is 5.34. The minimum absolute atomic E-state index is 0.578. The largest absolute Gasteiger partial charge is 0.369 e. The number of benzene rings is 1. The predicted molar refractivity (Wildman–Crippen MR) is 102 cm³/mol. The van der Waals surface area contributed by atoms with Crippen LogP contribution in [0.4, 0.5) is 5.69 Å². The fourth-order valence-electron chi connectivity index (χ4n) is 4.03. The highest BCUT2D eigenvalue weighted by Crippen LogP contribution is 2.36. The molecule has 0 spiro atoms. The van der Waals surface area contributed by atoms with Gasteiger partial charge < -0.3 is 9.79 Å². The number of allylic oxidation sites excluding steroid dienone is 1. The van der Waals surface area contributed by atoms with Crippen LogP contribution in [0.25, 0.3) is 0 Å². The van der Waals surface area contributed by atoms with Gasteiger partial charge >= 0.3 is 0 Å². The van der Waals surface area contributed by atoms with Crippen LogP contribution in [-0.4, -0.2) is 49.5 Å². The van der Waals surface area contributed by atoms with Crippen molar-refractivity contribution in [3.8, 4) is 5.75 Å². The normalized spacial score (nSPS) is 25.3. The molecule has 3 heterocycles. The summed E-state index contributed by atoms with van der Waals surface area (Å²) in [5.41, 5.74) is 5.56. The number of fused-ring (bicyclic) bond motifs is 2. The fourth-order valence-corrected chi connectivity index (χ4v) is 4.99. The second kappa shape index (κ2) is 6.56. The Morgan fingerprint density at radius 2 is 2.08 bits per heavy atom. The lowest BCUT2D eigenvalue weighted by molar-refractivity contribution is -0.215. The Bertz CT molecular complexity index is 763. The van der Waals surface area contributed by atoms with Crippen LogP contribution < -0.4 is 9.79 Å². The number of rotatable bonds is 3. The van der Waals surface area contributed by atoms with Crippen LogP contribution in [0.1, 0.15) is 5.56 Å². The van der Waals surface area contributed by atoms with Gasteiger partial charge in [-0.1, -0.05) is 24.3 Å². The van der Waals surface area contributed by atoms with E-state index in [0.717, 1.165) is 44.9 Å². The molecule has 0 amide bonds. The molecule has 1 aliphatic carbocycles. The Hall–Kier alpha value is -1.69. The number of nitrogens with zero attached hydrogens (tertiary/aromatic N) is 2. The van der Waals surface area contributed by atoms with Crippen molar-refractivity contribution >= 4 is 17.4 Å². The first kappa shape index (κ1) is 15.6. The fraction of sp³-hybridized carbons (Fsp3) is 0.400. The first-order chi connectivity index (χ1) is 12.4. The summed E-state index contributed by atoms with van der Waals surface area (Å²) >= 11 is 1.92. The highest BCUT2D eigenvalue weighted by molar-refractivity contribution is 8.03. The Kier molecular flexibility index (Phi) is 4.08. The second-order valence-electron chi connectivity index (χ2n) is 6.92. The van der Waals surface area contributed by atoms with Crippen LogP contribution in [-0.2, 0) is 11.3 Å². The molecule has 0 unspecified atom stereocenters. The van der Waals surface area contributed by atoms with E-state index in [-0.39, 0.29) is 0 Å². The van der Waals surface area contributed by atoms with E-state index in [9.17, 15) is 0 Å². The third kappa shape index (κ3) is 3.01. The average Bonchev–Trinajstić information content (AvgIpc) is 3.24. The molecule has 4 aliphatic rings. The molecule has 1 saturated heterocycles. The molecule has 0 saturated carbocycles. The highest BCUT2D eigenvalue weighted by atomic mass is 32.2. The lowest BCUT2D eigenvalue weighted by Gasteiger charge is -2.37. The van der Waals surface area contributed by atoms with E-state index >= 15 is 0 Å². The van der Waals surface area contributed by atoms with Crippen molar-refractivity contribution in [1.82, 2.24) is 4.90 Å². The zero-order valence-corrected chi connectivity index (χ0v) is 15.0. The Balaban J connectivity index is 1.23. The SMILES string of the molecule is C1=CC2=CC(CN3CCN(c4cccc5c4CCOO5)CC3)=C[C@H]2S1. The maximum Gasteiger partial charge on any atom is 0.170 e. The number of anilines is 1. The first-order valence-corrected chi connectivity index (χ1v) is 9.94. The first-order valence-electron chi connectivity index (χ1n) is 9.00. The minimum Gasteiger partial charge on any atom is -0.369 e. The summed E-state index contributed by atoms with van der Waals surface area (Å²) in [4.78, 5) is 15.5. The standard InChI is InChI=1S/C20H22N2O2S/c1-2-18(17-4-10-23-24-19(17)3-1)22-8-6-21(7-9-22)14-15-12-16-5-11-25-20(16)13-15/h1-3,5,11-13,20H,4,6-10,14H2/t20-/m1/s1. The molecular weight excluding hydrogens is 332 g/mol. The summed E-state index contributed by atoms with van der Waals surface area (Å²) in [6.07, 6.45) is 7.98. The molecule has 0 bridgehead atoms. The summed E-state index contributed by atoms with van der Waals surface area (Å²) in [5, 5.41) is 2.78. The monoisotopic (exact) mass is 354 g/mol. The molecule has 1 fully saturated rings.